The minimum Gasteiger partial charge on any atom is -0.394 e. The van der Waals surface area contributed by atoms with E-state index in [0.717, 1.165) is 0 Å². The Morgan fingerprint density at radius 2 is 1.90 bits per heavy atom. The number of aliphatic hydroxyl groups excluding tert-OH is 3. The maximum Gasteiger partial charge on any atom is 0.180 e. The summed E-state index contributed by atoms with van der Waals surface area (Å²) in [5, 5.41) is 29.8. The lowest BCUT2D eigenvalue weighted by atomic mass is 10.1. The molecule has 1 fully saturated rings. The third-order valence-corrected chi connectivity index (χ3v) is 4.74. The van der Waals surface area contributed by atoms with Crippen LogP contribution in [0.4, 0.5) is 0 Å². The normalized spacial score (nSPS) is 29.4. The predicted molar refractivity (Wildman–Crippen MR) is 80.5 cm³/mol. The van der Waals surface area contributed by atoms with Gasteiger partial charge in [-0.1, -0.05) is 23.2 Å². The molecule has 9 heteroatoms. The van der Waals surface area contributed by atoms with Crippen LogP contribution in [-0.4, -0.2) is 49.8 Å². The fourth-order valence-corrected chi connectivity index (χ4v) is 3.30. The zero-order valence-electron chi connectivity index (χ0n) is 10.4. The molecule has 0 aliphatic carbocycles. The standard InChI is InChI=1S/C12H11BrCl2N2O4/c13-12-16-6-1-4(14)5(15)2-7(6)17(12)11-10(20)9(19)8(3-18)21-11/h1-2,8-11,18-20H,3H2/t8-,9?,10-,11+/m0/s1. The minimum absolute atomic E-state index is 0.338. The summed E-state index contributed by atoms with van der Waals surface area (Å²) in [7, 11) is 0. The number of aliphatic hydroxyl groups is 3. The molecule has 6 nitrogen and oxygen atoms in total. The first-order chi connectivity index (χ1) is 9.93. The maximum atomic E-state index is 10.1. The van der Waals surface area contributed by atoms with Crippen LogP contribution >= 0.6 is 39.1 Å². The van der Waals surface area contributed by atoms with Gasteiger partial charge in [0, 0.05) is 0 Å². The molecule has 0 saturated carbocycles. The van der Waals surface area contributed by atoms with Crippen LogP contribution in [0.1, 0.15) is 6.23 Å². The van der Waals surface area contributed by atoms with Crippen LogP contribution in [0.25, 0.3) is 11.0 Å². The molecule has 0 bridgehead atoms. The molecule has 1 aromatic heterocycles. The Kier molecular flexibility index (Phi) is 4.17. The fraction of sp³-hybridized carbons (Fsp3) is 0.417. The Balaban J connectivity index is 2.12. The number of halogens is 3. The smallest absolute Gasteiger partial charge is 0.180 e. The molecule has 114 valence electrons. The highest BCUT2D eigenvalue weighted by atomic mass is 79.9. The van der Waals surface area contributed by atoms with Gasteiger partial charge in [0.2, 0.25) is 0 Å². The monoisotopic (exact) mass is 396 g/mol. The van der Waals surface area contributed by atoms with Gasteiger partial charge >= 0.3 is 0 Å². The quantitative estimate of drug-likeness (QED) is 0.718. The average molecular weight is 398 g/mol. The number of imidazole rings is 1. The van der Waals surface area contributed by atoms with Gasteiger partial charge in [-0.3, -0.25) is 4.57 Å². The van der Waals surface area contributed by atoms with E-state index in [2.05, 4.69) is 20.9 Å². The number of fused-ring (bicyclic) bond motifs is 1. The molecule has 1 aromatic carbocycles. The van der Waals surface area contributed by atoms with Gasteiger partial charge in [-0.2, -0.15) is 0 Å². The molecular weight excluding hydrogens is 387 g/mol. The first-order valence-corrected chi connectivity index (χ1v) is 7.64. The molecule has 4 atom stereocenters. The Morgan fingerprint density at radius 1 is 1.24 bits per heavy atom. The highest BCUT2D eigenvalue weighted by Crippen LogP contribution is 2.37. The van der Waals surface area contributed by atoms with Crippen molar-refractivity contribution in [3.05, 3.63) is 26.9 Å². The molecule has 3 N–H and O–H groups in total. The van der Waals surface area contributed by atoms with Gasteiger partial charge in [0.25, 0.3) is 0 Å². The summed E-state index contributed by atoms with van der Waals surface area (Å²) in [6, 6.07) is 3.20. The molecule has 1 aliphatic heterocycles. The summed E-state index contributed by atoms with van der Waals surface area (Å²) in [6.45, 7) is -0.397. The van der Waals surface area contributed by atoms with Crippen molar-refractivity contribution < 1.29 is 20.1 Å². The zero-order chi connectivity index (χ0) is 15.3. The minimum atomic E-state index is -1.20. The molecule has 3 rings (SSSR count). The van der Waals surface area contributed by atoms with Crippen LogP contribution in [0.2, 0.25) is 10.0 Å². The summed E-state index contributed by atoms with van der Waals surface area (Å²) >= 11 is 15.3. The van der Waals surface area contributed by atoms with Crippen LogP contribution in [-0.2, 0) is 4.74 Å². The van der Waals surface area contributed by atoms with Crippen molar-refractivity contribution in [1.29, 1.82) is 0 Å². The largest absolute Gasteiger partial charge is 0.394 e. The number of rotatable bonds is 2. The molecule has 21 heavy (non-hydrogen) atoms. The molecular formula is C12H11BrCl2N2O4. The lowest BCUT2D eigenvalue weighted by Gasteiger charge is -2.18. The van der Waals surface area contributed by atoms with Gasteiger partial charge in [0.1, 0.15) is 18.3 Å². The van der Waals surface area contributed by atoms with Gasteiger partial charge in [0.05, 0.1) is 27.7 Å². The van der Waals surface area contributed by atoms with E-state index in [-0.39, 0.29) is 0 Å². The van der Waals surface area contributed by atoms with E-state index in [1.165, 1.54) is 0 Å². The van der Waals surface area contributed by atoms with Gasteiger partial charge in [0.15, 0.2) is 11.0 Å². The predicted octanol–water partition coefficient (Wildman–Crippen LogP) is 1.72. The summed E-state index contributed by atoms with van der Waals surface area (Å²) in [5.74, 6) is 0. The number of nitrogens with zero attached hydrogens (tertiary/aromatic N) is 2. The second kappa shape index (κ2) is 5.66. The van der Waals surface area contributed by atoms with Crippen molar-refractivity contribution in [1.82, 2.24) is 9.55 Å². The Hall–Kier alpha value is -0.410. The Morgan fingerprint density at radius 3 is 2.52 bits per heavy atom. The van der Waals surface area contributed by atoms with Gasteiger partial charge in [-0.05, 0) is 28.1 Å². The number of benzene rings is 1. The van der Waals surface area contributed by atoms with Crippen molar-refractivity contribution in [2.24, 2.45) is 0 Å². The summed E-state index contributed by atoms with van der Waals surface area (Å²) < 4.78 is 7.46. The fourth-order valence-electron chi connectivity index (χ4n) is 2.40. The van der Waals surface area contributed by atoms with Gasteiger partial charge < -0.3 is 20.1 Å². The molecule has 2 heterocycles. The third kappa shape index (κ3) is 2.46. The zero-order valence-corrected chi connectivity index (χ0v) is 13.5. The van der Waals surface area contributed by atoms with Gasteiger partial charge in [-0.15, -0.1) is 0 Å². The van der Waals surface area contributed by atoms with E-state index >= 15 is 0 Å². The second-order valence-corrected chi connectivity index (χ2v) is 6.26. The van der Waals surface area contributed by atoms with E-state index in [4.69, 9.17) is 33.0 Å². The SMILES string of the molecule is OC[C@@H]1O[C@@H](n2c(Br)nc3cc(Cl)c(Cl)cc32)[C@@H](O)C1O. The van der Waals surface area contributed by atoms with Crippen LogP contribution in [0.5, 0.6) is 0 Å². The van der Waals surface area contributed by atoms with E-state index in [1.807, 2.05) is 0 Å². The summed E-state index contributed by atoms with van der Waals surface area (Å²) in [4.78, 5) is 4.27. The van der Waals surface area contributed by atoms with Crippen molar-refractivity contribution in [2.75, 3.05) is 6.61 Å². The average Bonchev–Trinajstić information content (AvgIpc) is 2.89. The van der Waals surface area contributed by atoms with E-state index < -0.39 is 31.1 Å². The lowest BCUT2D eigenvalue weighted by molar-refractivity contribution is -0.0518. The number of hydrogen-bond donors (Lipinski definition) is 3. The molecule has 0 amide bonds. The highest BCUT2D eigenvalue weighted by molar-refractivity contribution is 9.10. The highest BCUT2D eigenvalue weighted by Gasteiger charge is 2.44. The van der Waals surface area contributed by atoms with Crippen LogP contribution in [0, 0.1) is 0 Å². The Labute approximate surface area is 138 Å². The summed E-state index contributed by atoms with van der Waals surface area (Å²) in [5.41, 5.74) is 1.15. The molecule has 1 saturated heterocycles. The number of ether oxygens (including phenoxy) is 1. The van der Waals surface area contributed by atoms with E-state index in [1.54, 1.807) is 16.7 Å². The van der Waals surface area contributed by atoms with E-state index in [9.17, 15) is 10.2 Å². The topological polar surface area (TPSA) is 87.7 Å². The molecule has 1 unspecified atom stereocenters. The van der Waals surface area contributed by atoms with E-state index in [0.29, 0.717) is 25.8 Å². The van der Waals surface area contributed by atoms with Crippen molar-refractivity contribution in [3.8, 4) is 0 Å². The molecule has 0 spiro atoms. The first-order valence-electron chi connectivity index (χ1n) is 6.09. The first kappa shape index (κ1) is 15.5. The van der Waals surface area contributed by atoms with Crippen LogP contribution in [0.15, 0.2) is 16.9 Å². The van der Waals surface area contributed by atoms with Crippen molar-refractivity contribution >= 4 is 50.2 Å². The van der Waals surface area contributed by atoms with Gasteiger partial charge in [-0.25, -0.2) is 4.98 Å². The van der Waals surface area contributed by atoms with Crippen LogP contribution in [0.3, 0.4) is 0 Å². The number of aromatic nitrogens is 2. The lowest BCUT2D eigenvalue weighted by Crippen LogP contribution is -2.33. The third-order valence-electron chi connectivity index (χ3n) is 3.46. The van der Waals surface area contributed by atoms with Crippen molar-refractivity contribution in [3.63, 3.8) is 0 Å². The number of hydrogen-bond acceptors (Lipinski definition) is 5. The molecule has 2 aromatic rings. The van der Waals surface area contributed by atoms with Crippen molar-refractivity contribution in [2.45, 2.75) is 24.5 Å². The Bertz CT molecular complexity index is 695. The molecule has 0 radical (unpaired) electrons. The van der Waals surface area contributed by atoms with Crippen LogP contribution < -0.4 is 0 Å². The second-order valence-electron chi connectivity index (χ2n) is 4.73. The summed E-state index contributed by atoms with van der Waals surface area (Å²) in [6.07, 6.45) is -4.15. The maximum absolute atomic E-state index is 10.1. The molecule has 1 aliphatic rings.